The van der Waals surface area contributed by atoms with Crippen LogP contribution in [-0.2, 0) is 7.05 Å². The van der Waals surface area contributed by atoms with Crippen LogP contribution in [0.25, 0.3) is 0 Å². The summed E-state index contributed by atoms with van der Waals surface area (Å²) in [5.41, 5.74) is 5.45. The number of hydrogen-bond acceptors (Lipinski definition) is 4. The minimum Gasteiger partial charge on any atom is -0.382 e. The molecule has 0 unspecified atom stereocenters. The van der Waals surface area contributed by atoms with E-state index in [-0.39, 0.29) is 5.82 Å². The van der Waals surface area contributed by atoms with Crippen LogP contribution in [0.5, 0.6) is 0 Å². The third-order valence-electron chi connectivity index (χ3n) is 1.16. The average molecular weight is 140 g/mol. The molecule has 1 aromatic heterocycles. The highest BCUT2D eigenvalue weighted by atomic mass is 16.1. The van der Waals surface area contributed by atoms with Gasteiger partial charge in [-0.3, -0.25) is 0 Å². The molecule has 5 nitrogen and oxygen atoms in total. The molecular formula is C5H8N4O. The Morgan fingerprint density at radius 2 is 2.20 bits per heavy atom. The third-order valence-corrected chi connectivity index (χ3v) is 1.16. The van der Waals surface area contributed by atoms with Gasteiger partial charge in [0.2, 0.25) is 0 Å². The molecule has 0 aliphatic heterocycles. The number of hydrogen-bond donors (Lipinski definition) is 1. The third kappa shape index (κ3) is 0.975. The molecule has 0 radical (unpaired) electrons. The van der Waals surface area contributed by atoms with Gasteiger partial charge in [0.15, 0.2) is 5.82 Å². The second-order valence-corrected chi connectivity index (χ2v) is 1.99. The van der Waals surface area contributed by atoms with Gasteiger partial charge in [-0.15, -0.1) is 0 Å². The van der Waals surface area contributed by atoms with E-state index < -0.39 is 5.69 Å². The maximum Gasteiger partial charge on any atom is 0.365 e. The summed E-state index contributed by atoms with van der Waals surface area (Å²) in [4.78, 5) is 14.2. The highest BCUT2D eigenvalue weighted by molar-refractivity contribution is 5.30. The van der Waals surface area contributed by atoms with E-state index in [2.05, 4.69) is 10.1 Å². The standard InChI is InChI=1S/C5H8N4O/c1-3-4(6)7-5(10)9(2)8-3/h1-2H3,(H2,6,7,10). The summed E-state index contributed by atoms with van der Waals surface area (Å²) in [7, 11) is 1.53. The number of aryl methyl sites for hydroxylation is 2. The van der Waals surface area contributed by atoms with E-state index in [1.165, 1.54) is 7.05 Å². The first-order valence-electron chi connectivity index (χ1n) is 2.78. The zero-order valence-electron chi connectivity index (χ0n) is 5.83. The van der Waals surface area contributed by atoms with Crippen LogP contribution in [-0.4, -0.2) is 14.8 Å². The van der Waals surface area contributed by atoms with E-state index in [1.807, 2.05) is 0 Å². The smallest absolute Gasteiger partial charge is 0.365 e. The van der Waals surface area contributed by atoms with Gasteiger partial charge in [0.05, 0.1) is 0 Å². The van der Waals surface area contributed by atoms with Crippen LogP contribution in [0.2, 0.25) is 0 Å². The largest absolute Gasteiger partial charge is 0.382 e. The minimum atomic E-state index is -0.428. The van der Waals surface area contributed by atoms with E-state index in [0.717, 1.165) is 4.68 Å². The van der Waals surface area contributed by atoms with E-state index in [4.69, 9.17) is 5.73 Å². The number of nitrogen functional groups attached to an aromatic ring is 1. The summed E-state index contributed by atoms with van der Waals surface area (Å²) in [6.45, 7) is 1.70. The Balaban J connectivity index is 3.43. The Hall–Kier alpha value is -1.39. The van der Waals surface area contributed by atoms with Gasteiger partial charge in [-0.05, 0) is 6.92 Å². The van der Waals surface area contributed by atoms with Gasteiger partial charge in [-0.2, -0.15) is 10.1 Å². The SMILES string of the molecule is Cc1nn(C)c(=O)nc1N. The van der Waals surface area contributed by atoms with Crippen molar-refractivity contribution in [1.29, 1.82) is 0 Å². The van der Waals surface area contributed by atoms with Crippen LogP contribution in [0.1, 0.15) is 5.69 Å². The molecule has 2 N–H and O–H groups in total. The summed E-state index contributed by atoms with van der Waals surface area (Å²) in [5.74, 6) is 0.197. The molecule has 54 valence electrons. The summed E-state index contributed by atoms with van der Waals surface area (Å²) >= 11 is 0. The first-order chi connectivity index (χ1) is 4.61. The molecule has 0 aliphatic carbocycles. The fraction of sp³-hybridized carbons (Fsp3) is 0.400. The predicted molar refractivity (Wildman–Crippen MR) is 36.4 cm³/mol. The highest BCUT2D eigenvalue weighted by Gasteiger charge is 1.98. The normalized spacial score (nSPS) is 9.80. The summed E-state index contributed by atoms with van der Waals surface area (Å²) in [6, 6.07) is 0. The van der Waals surface area contributed by atoms with Gasteiger partial charge >= 0.3 is 5.69 Å². The van der Waals surface area contributed by atoms with Gasteiger partial charge in [0.25, 0.3) is 0 Å². The first-order valence-corrected chi connectivity index (χ1v) is 2.78. The van der Waals surface area contributed by atoms with Crippen LogP contribution >= 0.6 is 0 Å². The van der Waals surface area contributed by atoms with Crippen molar-refractivity contribution >= 4 is 5.82 Å². The Morgan fingerprint density at radius 1 is 1.60 bits per heavy atom. The molecule has 0 saturated heterocycles. The Bertz CT molecular complexity index is 303. The summed E-state index contributed by atoms with van der Waals surface area (Å²) < 4.78 is 1.14. The lowest BCUT2D eigenvalue weighted by Crippen LogP contribution is -2.24. The lowest BCUT2D eigenvalue weighted by molar-refractivity contribution is 0.663. The average Bonchev–Trinajstić information content (AvgIpc) is 1.84. The van der Waals surface area contributed by atoms with Crippen molar-refractivity contribution in [3.05, 3.63) is 16.2 Å². The van der Waals surface area contributed by atoms with Crippen molar-refractivity contribution in [3.63, 3.8) is 0 Å². The summed E-state index contributed by atoms with van der Waals surface area (Å²) in [6.07, 6.45) is 0. The first kappa shape index (κ1) is 6.73. The number of nitrogens with two attached hydrogens (primary N) is 1. The van der Waals surface area contributed by atoms with Crippen molar-refractivity contribution in [1.82, 2.24) is 14.8 Å². The van der Waals surface area contributed by atoms with E-state index in [0.29, 0.717) is 5.69 Å². The van der Waals surface area contributed by atoms with Crippen LogP contribution in [0.4, 0.5) is 5.82 Å². The van der Waals surface area contributed by atoms with Crippen LogP contribution in [0.3, 0.4) is 0 Å². The zero-order chi connectivity index (χ0) is 7.72. The maximum absolute atomic E-state index is 10.7. The fourth-order valence-electron chi connectivity index (χ4n) is 0.575. The van der Waals surface area contributed by atoms with E-state index in [9.17, 15) is 4.79 Å². The van der Waals surface area contributed by atoms with E-state index in [1.54, 1.807) is 6.92 Å². The van der Waals surface area contributed by atoms with Crippen LogP contribution < -0.4 is 11.4 Å². The molecule has 10 heavy (non-hydrogen) atoms. The Labute approximate surface area is 57.5 Å². The van der Waals surface area contributed by atoms with Crippen LogP contribution in [0, 0.1) is 6.92 Å². The lowest BCUT2D eigenvalue weighted by Gasteiger charge is -1.97. The van der Waals surface area contributed by atoms with Gasteiger partial charge in [0, 0.05) is 7.05 Å². The molecule has 1 heterocycles. The van der Waals surface area contributed by atoms with Gasteiger partial charge in [-0.1, -0.05) is 0 Å². The zero-order valence-corrected chi connectivity index (χ0v) is 5.83. The molecular weight excluding hydrogens is 132 g/mol. The van der Waals surface area contributed by atoms with Crippen molar-refractivity contribution in [3.8, 4) is 0 Å². The molecule has 0 aromatic carbocycles. The number of aromatic nitrogens is 3. The van der Waals surface area contributed by atoms with Crippen LogP contribution in [0.15, 0.2) is 4.79 Å². The molecule has 0 aliphatic rings. The quantitative estimate of drug-likeness (QED) is 0.505. The predicted octanol–water partition coefficient (Wildman–Crippen LogP) is -0.934. The molecule has 0 amide bonds. The molecule has 5 heteroatoms. The van der Waals surface area contributed by atoms with Crippen molar-refractivity contribution < 1.29 is 0 Å². The second kappa shape index (κ2) is 2.09. The van der Waals surface area contributed by atoms with Crippen molar-refractivity contribution in [2.75, 3.05) is 5.73 Å². The topological polar surface area (TPSA) is 73.8 Å². The molecule has 0 bridgehead atoms. The summed E-state index contributed by atoms with van der Waals surface area (Å²) in [5, 5.41) is 3.79. The lowest BCUT2D eigenvalue weighted by atomic mass is 10.5. The second-order valence-electron chi connectivity index (χ2n) is 1.99. The molecule has 1 aromatic rings. The van der Waals surface area contributed by atoms with E-state index >= 15 is 0 Å². The van der Waals surface area contributed by atoms with Crippen molar-refractivity contribution in [2.45, 2.75) is 6.92 Å². The Morgan fingerprint density at radius 3 is 2.70 bits per heavy atom. The number of rotatable bonds is 0. The molecule has 0 fully saturated rings. The minimum absolute atomic E-state index is 0.197. The fourth-order valence-corrected chi connectivity index (χ4v) is 0.575. The Kier molecular flexibility index (Phi) is 1.41. The highest BCUT2D eigenvalue weighted by Crippen LogP contribution is 1.94. The van der Waals surface area contributed by atoms with Gasteiger partial charge < -0.3 is 5.73 Å². The van der Waals surface area contributed by atoms with Gasteiger partial charge in [-0.25, -0.2) is 9.48 Å². The molecule has 1 rings (SSSR count). The molecule has 0 atom stereocenters. The maximum atomic E-state index is 10.7. The molecule has 0 spiro atoms. The molecule has 0 saturated carbocycles. The van der Waals surface area contributed by atoms with Crippen molar-refractivity contribution in [2.24, 2.45) is 7.05 Å². The van der Waals surface area contributed by atoms with Gasteiger partial charge in [0.1, 0.15) is 5.69 Å². The number of nitrogens with zero attached hydrogens (tertiary/aromatic N) is 3. The number of anilines is 1. The monoisotopic (exact) mass is 140 g/mol.